The van der Waals surface area contributed by atoms with Gasteiger partial charge in [-0.05, 0) is 41.1 Å². The largest absolute Gasteiger partial charge is 0.493 e. The Balaban J connectivity index is 2.15. The fourth-order valence-electron chi connectivity index (χ4n) is 2.05. The minimum atomic E-state index is -0.556. The van der Waals surface area contributed by atoms with E-state index in [2.05, 4.69) is 31.4 Å². The van der Waals surface area contributed by atoms with E-state index in [1.165, 1.54) is 31.7 Å². The van der Waals surface area contributed by atoms with Crippen molar-refractivity contribution >= 4 is 39.6 Å². The average Bonchev–Trinajstić information content (AvgIpc) is 2.68. The van der Waals surface area contributed by atoms with Gasteiger partial charge in [0.1, 0.15) is 0 Å². The molecule has 1 heterocycles. The number of rotatable bonds is 9. The van der Waals surface area contributed by atoms with E-state index in [9.17, 15) is 14.9 Å². The van der Waals surface area contributed by atoms with Crippen LogP contribution in [0.2, 0.25) is 0 Å². The first-order valence-electron chi connectivity index (χ1n) is 8.00. The summed E-state index contributed by atoms with van der Waals surface area (Å²) in [5.41, 5.74) is 2.95. The summed E-state index contributed by atoms with van der Waals surface area (Å²) in [5, 5.41) is 15.0. The molecule has 0 aliphatic heterocycles. The first-order chi connectivity index (χ1) is 13.5. The molecular weight excluding hydrogens is 436 g/mol. The van der Waals surface area contributed by atoms with Crippen LogP contribution >= 0.6 is 15.9 Å². The molecule has 1 N–H and O–H groups in total. The molecule has 0 atom stereocenters. The number of methoxy groups -OCH3 is 1. The van der Waals surface area contributed by atoms with E-state index in [0.717, 1.165) is 0 Å². The molecule has 0 saturated carbocycles. The molecule has 0 saturated heterocycles. The molecule has 11 heteroatoms. The quantitative estimate of drug-likeness (QED) is 0.266. The van der Waals surface area contributed by atoms with Crippen LogP contribution < -0.4 is 14.9 Å². The van der Waals surface area contributed by atoms with Crippen LogP contribution in [-0.2, 0) is 9.53 Å². The number of carbonyl (C=O) groups is 1. The van der Waals surface area contributed by atoms with Crippen LogP contribution in [0.1, 0.15) is 12.5 Å². The highest BCUT2D eigenvalue weighted by molar-refractivity contribution is 9.10. The predicted octanol–water partition coefficient (Wildman–Crippen LogP) is 3.15. The van der Waals surface area contributed by atoms with Crippen molar-refractivity contribution < 1.29 is 23.9 Å². The normalized spacial score (nSPS) is 10.5. The first-order valence-corrected chi connectivity index (χ1v) is 8.80. The second kappa shape index (κ2) is 10.2. The van der Waals surface area contributed by atoms with Gasteiger partial charge in [0.2, 0.25) is 5.82 Å². The monoisotopic (exact) mass is 452 g/mol. The van der Waals surface area contributed by atoms with Crippen LogP contribution in [-0.4, -0.2) is 42.4 Å². The van der Waals surface area contributed by atoms with E-state index in [0.29, 0.717) is 21.5 Å². The number of ether oxygens (including phenoxy) is 3. The summed E-state index contributed by atoms with van der Waals surface area (Å²) in [6.07, 6.45) is 2.85. The second-order valence-electron chi connectivity index (χ2n) is 5.12. The van der Waals surface area contributed by atoms with Crippen molar-refractivity contribution in [2.24, 2.45) is 5.10 Å². The minimum absolute atomic E-state index is 0.0150. The molecule has 0 bridgehead atoms. The Hall–Kier alpha value is -3.21. The molecule has 0 aliphatic carbocycles. The zero-order chi connectivity index (χ0) is 20.5. The van der Waals surface area contributed by atoms with E-state index < -0.39 is 10.9 Å². The molecule has 0 fully saturated rings. The van der Waals surface area contributed by atoms with Crippen LogP contribution in [0, 0.1) is 10.1 Å². The third-order valence-corrected chi connectivity index (χ3v) is 3.98. The van der Waals surface area contributed by atoms with Crippen molar-refractivity contribution in [2.45, 2.75) is 6.92 Å². The third-order valence-electron chi connectivity index (χ3n) is 3.29. The van der Waals surface area contributed by atoms with Crippen LogP contribution in [0.25, 0.3) is 0 Å². The standard InChI is InChI=1S/C17H17BrN4O6/c1-3-27-16(23)10-28-15-8-12(18)11(7-14(15)26-2)9-20-21-17-13(22(24)25)5-4-6-19-17/h4-9H,3,10H2,1-2H3,(H,19,21)/b20-9-. The molecule has 0 spiro atoms. The summed E-state index contributed by atoms with van der Waals surface area (Å²) in [6, 6.07) is 6.02. The number of hydrogen-bond acceptors (Lipinski definition) is 9. The number of halogens is 1. The van der Waals surface area contributed by atoms with Crippen molar-refractivity contribution in [2.75, 3.05) is 25.7 Å². The first kappa shape index (κ1) is 21.1. The van der Waals surface area contributed by atoms with E-state index in [4.69, 9.17) is 14.2 Å². The van der Waals surface area contributed by atoms with E-state index in [1.807, 2.05) is 0 Å². The van der Waals surface area contributed by atoms with Crippen molar-refractivity contribution in [3.05, 3.63) is 50.6 Å². The minimum Gasteiger partial charge on any atom is -0.493 e. The van der Waals surface area contributed by atoms with Crippen LogP contribution in [0.3, 0.4) is 0 Å². The fourth-order valence-corrected chi connectivity index (χ4v) is 2.48. The van der Waals surface area contributed by atoms with Crippen molar-refractivity contribution in [1.82, 2.24) is 4.98 Å². The van der Waals surface area contributed by atoms with Gasteiger partial charge in [-0.25, -0.2) is 9.78 Å². The van der Waals surface area contributed by atoms with Gasteiger partial charge in [-0.3, -0.25) is 15.5 Å². The molecule has 148 valence electrons. The molecule has 28 heavy (non-hydrogen) atoms. The van der Waals surface area contributed by atoms with Gasteiger partial charge in [0.05, 0.1) is 24.9 Å². The molecule has 0 radical (unpaired) electrons. The van der Waals surface area contributed by atoms with Gasteiger partial charge in [0.15, 0.2) is 18.1 Å². The number of nitro groups is 1. The third kappa shape index (κ3) is 5.64. The molecular formula is C17H17BrN4O6. The summed E-state index contributed by atoms with van der Waals surface area (Å²) < 4.78 is 16.1. The number of esters is 1. The molecule has 0 aliphatic rings. The Labute approximate surface area is 168 Å². The Bertz CT molecular complexity index is 890. The number of aromatic nitrogens is 1. The van der Waals surface area contributed by atoms with Gasteiger partial charge in [-0.15, -0.1) is 0 Å². The number of nitrogens with zero attached hydrogens (tertiary/aromatic N) is 3. The van der Waals surface area contributed by atoms with Gasteiger partial charge >= 0.3 is 11.7 Å². The second-order valence-corrected chi connectivity index (χ2v) is 5.97. The number of pyridine rings is 1. The Morgan fingerprint density at radius 1 is 1.43 bits per heavy atom. The zero-order valence-electron chi connectivity index (χ0n) is 15.0. The lowest BCUT2D eigenvalue weighted by atomic mass is 10.2. The fraction of sp³-hybridized carbons (Fsp3) is 0.235. The van der Waals surface area contributed by atoms with Gasteiger partial charge in [0.25, 0.3) is 0 Å². The topological polar surface area (TPSA) is 125 Å². The highest BCUT2D eigenvalue weighted by atomic mass is 79.9. The lowest BCUT2D eigenvalue weighted by Gasteiger charge is -2.12. The summed E-state index contributed by atoms with van der Waals surface area (Å²) >= 11 is 3.38. The van der Waals surface area contributed by atoms with E-state index in [1.54, 1.807) is 19.1 Å². The van der Waals surface area contributed by atoms with Gasteiger partial charge in [-0.1, -0.05) is 0 Å². The average molecular weight is 453 g/mol. The van der Waals surface area contributed by atoms with E-state index in [-0.39, 0.29) is 24.7 Å². The molecule has 2 aromatic rings. The molecule has 0 unspecified atom stereocenters. The number of benzene rings is 1. The highest BCUT2D eigenvalue weighted by Gasteiger charge is 2.14. The van der Waals surface area contributed by atoms with E-state index >= 15 is 0 Å². The van der Waals surface area contributed by atoms with Crippen molar-refractivity contribution in [3.63, 3.8) is 0 Å². The summed E-state index contributed by atoms with van der Waals surface area (Å²) in [4.78, 5) is 25.8. The number of carbonyl (C=O) groups excluding carboxylic acids is 1. The summed E-state index contributed by atoms with van der Waals surface area (Å²) in [6.45, 7) is 1.71. The smallest absolute Gasteiger partial charge is 0.344 e. The number of anilines is 1. The maximum absolute atomic E-state index is 11.4. The number of hydrogen-bond donors (Lipinski definition) is 1. The number of hydrazone groups is 1. The van der Waals surface area contributed by atoms with Crippen molar-refractivity contribution in [3.8, 4) is 11.5 Å². The highest BCUT2D eigenvalue weighted by Crippen LogP contribution is 2.33. The van der Waals surface area contributed by atoms with Gasteiger partial charge in [0, 0.05) is 22.3 Å². The SMILES string of the molecule is CCOC(=O)COc1cc(Br)c(/C=N\Nc2ncccc2[N+](=O)[O-])cc1OC. The van der Waals surface area contributed by atoms with Crippen molar-refractivity contribution in [1.29, 1.82) is 0 Å². The number of nitrogens with one attached hydrogen (secondary N) is 1. The van der Waals surface area contributed by atoms with Crippen LogP contribution in [0.5, 0.6) is 11.5 Å². The molecule has 1 aromatic heterocycles. The molecule has 1 aromatic carbocycles. The predicted molar refractivity (Wildman–Crippen MR) is 105 cm³/mol. The Morgan fingerprint density at radius 3 is 2.89 bits per heavy atom. The summed E-state index contributed by atoms with van der Waals surface area (Å²) in [7, 11) is 1.46. The summed E-state index contributed by atoms with van der Waals surface area (Å²) in [5.74, 6) is 0.236. The molecule has 10 nitrogen and oxygen atoms in total. The Morgan fingerprint density at radius 2 is 2.21 bits per heavy atom. The van der Waals surface area contributed by atoms with Crippen LogP contribution in [0.4, 0.5) is 11.5 Å². The van der Waals surface area contributed by atoms with Crippen LogP contribution in [0.15, 0.2) is 40.0 Å². The maximum Gasteiger partial charge on any atom is 0.344 e. The zero-order valence-corrected chi connectivity index (χ0v) is 16.6. The maximum atomic E-state index is 11.4. The molecule has 0 amide bonds. The van der Waals surface area contributed by atoms with Gasteiger partial charge in [-0.2, -0.15) is 5.10 Å². The Kier molecular flexibility index (Phi) is 7.69. The molecule has 2 rings (SSSR count). The lowest BCUT2D eigenvalue weighted by molar-refractivity contribution is -0.384. The van der Waals surface area contributed by atoms with Gasteiger partial charge < -0.3 is 14.2 Å². The lowest BCUT2D eigenvalue weighted by Crippen LogP contribution is -2.15.